The highest BCUT2D eigenvalue weighted by Gasteiger charge is 2.21. The van der Waals surface area contributed by atoms with Gasteiger partial charge in [0.15, 0.2) is 0 Å². The highest BCUT2D eigenvalue weighted by Crippen LogP contribution is 2.22. The van der Waals surface area contributed by atoms with E-state index in [0.717, 1.165) is 26.1 Å². The molecule has 1 fully saturated rings. The van der Waals surface area contributed by atoms with E-state index in [-0.39, 0.29) is 6.61 Å². The standard InChI is InChI=1S/C17H28N2O/c1-3-15-6-8-16(9-7-15)14(2)19(11-12-20)13-17-5-4-10-18-17/h6-9,14,17-18,20H,3-5,10-13H2,1-2H3. The Labute approximate surface area is 123 Å². The maximum atomic E-state index is 9.33. The molecule has 1 aliphatic heterocycles. The Bertz CT molecular complexity index is 384. The smallest absolute Gasteiger partial charge is 0.0558 e. The van der Waals surface area contributed by atoms with Crippen LogP contribution in [0.2, 0.25) is 0 Å². The number of nitrogens with zero attached hydrogens (tertiary/aromatic N) is 1. The summed E-state index contributed by atoms with van der Waals surface area (Å²) in [5.74, 6) is 0. The van der Waals surface area contributed by atoms with Crippen molar-refractivity contribution < 1.29 is 5.11 Å². The molecule has 0 radical (unpaired) electrons. The van der Waals surface area contributed by atoms with Gasteiger partial charge >= 0.3 is 0 Å². The summed E-state index contributed by atoms with van der Waals surface area (Å²) in [5, 5.41) is 12.9. The minimum absolute atomic E-state index is 0.226. The molecule has 0 amide bonds. The Balaban J connectivity index is 2.01. The second kappa shape index (κ2) is 7.77. The Morgan fingerprint density at radius 2 is 2.10 bits per heavy atom. The van der Waals surface area contributed by atoms with E-state index in [9.17, 15) is 5.11 Å². The Kier molecular flexibility index (Phi) is 6.02. The summed E-state index contributed by atoms with van der Waals surface area (Å²) in [7, 11) is 0. The maximum absolute atomic E-state index is 9.33. The van der Waals surface area contributed by atoms with Crippen molar-refractivity contribution in [3.05, 3.63) is 35.4 Å². The van der Waals surface area contributed by atoms with Gasteiger partial charge in [-0.2, -0.15) is 0 Å². The molecule has 2 rings (SSSR count). The SMILES string of the molecule is CCc1ccc(C(C)N(CCO)CC2CCCN2)cc1. The molecule has 1 aromatic carbocycles. The van der Waals surface area contributed by atoms with E-state index in [1.807, 2.05) is 0 Å². The lowest BCUT2D eigenvalue weighted by Gasteiger charge is -2.31. The number of hydrogen-bond acceptors (Lipinski definition) is 3. The first-order chi connectivity index (χ1) is 9.74. The predicted octanol–water partition coefficient (Wildman–Crippen LogP) is 2.36. The largest absolute Gasteiger partial charge is 0.395 e. The second-order valence-electron chi connectivity index (χ2n) is 5.78. The minimum atomic E-state index is 0.226. The van der Waals surface area contributed by atoms with Crippen molar-refractivity contribution >= 4 is 0 Å². The lowest BCUT2D eigenvalue weighted by Crippen LogP contribution is -2.40. The molecule has 1 aromatic rings. The first-order valence-corrected chi connectivity index (χ1v) is 7.91. The molecule has 0 spiro atoms. The lowest BCUT2D eigenvalue weighted by atomic mass is 10.0. The number of nitrogens with one attached hydrogen (secondary N) is 1. The maximum Gasteiger partial charge on any atom is 0.0558 e. The molecule has 1 saturated heterocycles. The van der Waals surface area contributed by atoms with Crippen molar-refractivity contribution in [1.29, 1.82) is 0 Å². The van der Waals surface area contributed by atoms with Gasteiger partial charge in [-0.25, -0.2) is 0 Å². The molecule has 1 aliphatic rings. The van der Waals surface area contributed by atoms with Gasteiger partial charge in [0.1, 0.15) is 0 Å². The molecular weight excluding hydrogens is 248 g/mol. The van der Waals surface area contributed by atoms with Crippen molar-refractivity contribution in [3.8, 4) is 0 Å². The van der Waals surface area contributed by atoms with Gasteiger partial charge in [0.2, 0.25) is 0 Å². The molecule has 0 bridgehead atoms. The van der Waals surface area contributed by atoms with Crippen LogP contribution in [0.15, 0.2) is 24.3 Å². The number of aliphatic hydroxyl groups excluding tert-OH is 1. The van der Waals surface area contributed by atoms with Crippen molar-refractivity contribution in [1.82, 2.24) is 10.2 Å². The quantitative estimate of drug-likeness (QED) is 0.802. The number of hydrogen-bond donors (Lipinski definition) is 2. The van der Waals surface area contributed by atoms with E-state index in [1.54, 1.807) is 0 Å². The number of aryl methyl sites for hydroxylation is 1. The Morgan fingerprint density at radius 1 is 1.35 bits per heavy atom. The highest BCUT2D eigenvalue weighted by molar-refractivity contribution is 5.24. The van der Waals surface area contributed by atoms with Gasteiger partial charge in [0.05, 0.1) is 6.61 Å². The number of benzene rings is 1. The fraction of sp³-hybridized carbons (Fsp3) is 0.647. The first-order valence-electron chi connectivity index (χ1n) is 7.91. The zero-order chi connectivity index (χ0) is 14.4. The summed E-state index contributed by atoms with van der Waals surface area (Å²) in [4.78, 5) is 2.39. The fourth-order valence-corrected chi connectivity index (χ4v) is 3.01. The van der Waals surface area contributed by atoms with Crippen molar-refractivity contribution in [2.24, 2.45) is 0 Å². The third-order valence-electron chi connectivity index (χ3n) is 4.42. The van der Waals surface area contributed by atoms with Crippen LogP contribution in [0.25, 0.3) is 0 Å². The van der Waals surface area contributed by atoms with E-state index in [2.05, 4.69) is 48.3 Å². The molecular formula is C17H28N2O. The summed E-state index contributed by atoms with van der Waals surface area (Å²) in [5.41, 5.74) is 2.72. The monoisotopic (exact) mass is 276 g/mol. The van der Waals surface area contributed by atoms with Crippen molar-refractivity contribution in [3.63, 3.8) is 0 Å². The molecule has 3 heteroatoms. The minimum Gasteiger partial charge on any atom is -0.395 e. The van der Waals surface area contributed by atoms with Crippen LogP contribution in [0.5, 0.6) is 0 Å². The summed E-state index contributed by atoms with van der Waals surface area (Å²) in [6.45, 7) is 7.56. The fourth-order valence-electron chi connectivity index (χ4n) is 3.01. The van der Waals surface area contributed by atoms with Gasteiger partial charge in [-0.05, 0) is 43.9 Å². The van der Waals surface area contributed by atoms with Crippen LogP contribution in [0.3, 0.4) is 0 Å². The molecule has 112 valence electrons. The van der Waals surface area contributed by atoms with E-state index >= 15 is 0 Å². The van der Waals surface area contributed by atoms with Crippen LogP contribution in [0.1, 0.15) is 43.9 Å². The molecule has 0 aromatic heterocycles. The first kappa shape index (κ1) is 15.5. The average molecular weight is 276 g/mol. The second-order valence-corrected chi connectivity index (χ2v) is 5.78. The number of rotatable bonds is 7. The molecule has 2 unspecified atom stereocenters. The van der Waals surface area contributed by atoms with Crippen molar-refractivity contribution in [2.75, 3.05) is 26.2 Å². The zero-order valence-corrected chi connectivity index (χ0v) is 12.8. The van der Waals surface area contributed by atoms with E-state index in [0.29, 0.717) is 12.1 Å². The van der Waals surface area contributed by atoms with Gasteiger partial charge < -0.3 is 10.4 Å². The summed E-state index contributed by atoms with van der Waals surface area (Å²) in [6, 6.07) is 9.84. The molecule has 0 saturated carbocycles. The molecule has 0 aliphatic carbocycles. The summed E-state index contributed by atoms with van der Waals surface area (Å²) in [6.07, 6.45) is 3.61. The highest BCUT2D eigenvalue weighted by atomic mass is 16.3. The topological polar surface area (TPSA) is 35.5 Å². The van der Waals surface area contributed by atoms with Crippen LogP contribution < -0.4 is 5.32 Å². The Morgan fingerprint density at radius 3 is 2.65 bits per heavy atom. The van der Waals surface area contributed by atoms with Gasteiger partial charge in [0, 0.05) is 25.2 Å². The van der Waals surface area contributed by atoms with Gasteiger partial charge in [0.25, 0.3) is 0 Å². The van der Waals surface area contributed by atoms with Crippen molar-refractivity contribution in [2.45, 2.75) is 45.2 Å². The zero-order valence-electron chi connectivity index (χ0n) is 12.8. The lowest BCUT2D eigenvalue weighted by molar-refractivity contribution is 0.147. The van der Waals surface area contributed by atoms with E-state index in [1.165, 1.54) is 24.0 Å². The average Bonchev–Trinajstić information content (AvgIpc) is 2.99. The molecule has 1 heterocycles. The molecule has 2 atom stereocenters. The van der Waals surface area contributed by atoms with Crippen LogP contribution >= 0.6 is 0 Å². The number of aliphatic hydroxyl groups is 1. The van der Waals surface area contributed by atoms with Crippen LogP contribution in [-0.4, -0.2) is 42.3 Å². The van der Waals surface area contributed by atoms with Crippen LogP contribution in [0, 0.1) is 0 Å². The van der Waals surface area contributed by atoms with Gasteiger partial charge in [-0.15, -0.1) is 0 Å². The molecule has 20 heavy (non-hydrogen) atoms. The van der Waals surface area contributed by atoms with E-state index in [4.69, 9.17) is 0 Å². The van der Waals surface area contributed by atoms with Crippen LogP contribution in [0.4, 0.5) is 0 Å². The summed E-state index contributed by atoms with van der Waals surface area (Å²) >= 11 is 0. The Hall–Kier alpha value is -0.900. The normalized spacial score (nSPS) is 20.5. The van der Waals surface area contributed by atoms with Gasteiger partial charge in [-0.3, -0.25) is 4.90 Å². The summed E-state index contributed by atoms with van der Waals surface area (Å²) < 4.78 is 0. The molecule has 2 N–H and O–H groups in total. The van der Waals surface area contributed by atoms with Gasteiger partial charge in [-0.1, -0.05) is 31.2 Å². The molecule has 3 nitrogen and oxygen atoms in total. The van der Waals surface area contributed by atoms with Crippen LogP contribution in [-0.2, 0) is 6.42 Å². The predicted molar refractivity (Wildman–Crippen MR) is 83.9 cm³/mol. The third kappa shape index (κ3) is 4.05. The third-order valence-corrected chi connectivity index (χ3v) is 4.42. The van der Waals surface area contributed by atoms with E-state index < -0.39 is 0 Å².